The number of carbonyl (C=O) groups excluding carboxylic acids is 1. The first-order chi connectivity index (χ1) is 9.16. The third-order valence-electron chi connectivity index (χ3n) is 2.94. The van der Waals surface area contributed by atoms with Crippen LogP contribution in [0.5, 0.6) is 5.75 Å². The maximum atomic E-state index is 11.4. The van der Waals surface area contributed by atoms with E-state index in [9.17, 15) is 9.90 Å². The van der Waals surface area contributed by atoms with Gasteiger partial charge in [0.05, 0.1) is 5.56 Å². The van der Waals surface area contributed by atoms with E-state index in [0.29, 0.717) is 16.9 Å². The zero-order valence-corrected chi connectivity index (χ0v) is 9.92. The van der Waals surface area contributed by atoms with Crippen molar-refractivity contribution < 1.29 is 9.90 Å². The van der Waals surface area contributed by atoms with Gasteiger partial charge in [-0.3, -0.25) is 4.79 Å². The Morgan fingerprint density at radius 2 is 1.89 bits per heavy atom. The summed E-state index contributed by atoms with van der Waals surface area (Å²) in [5.41, 5.74) is 7.25. The second kappa shape index (κ2) is 4.13. The maximum Gasteiger partial charge on any atom is 0.250 e. The number of imidazole rings is 1. The molecule has 0 saturated heterocycles. The van der Waals surface area contributed by atoms with Crippen molar-refractivity contribution in [1.82, 2.24) is 9.97 Å². The average Bonchev–Trinajstić information content (AvgIpc) is 2.85. The van der Waals surface area contributed by atoms with E-state index in [1.165, 1.54) is 12.1 Å². The van der Waals surface area contributed by atoms with Crippen LogP contribution in [0.1, 0.15) is 10.4 Å². The number of nitrogens with zero attached hydrogens (tertiary/aromatic N) is 1. The van der Waals surface area contributed by atoms with E-state index in [1.54, 1.807) is 0 Å². The van der Waals surface area contributed by atoms with E-state index >= 15 is 0 Å². The summed E-state index contributed by atoms with van der Waals surface area (Å²) < 4.78 is 0. The van der Waals surface area contributed by atoms with Crippen LogP contribution in [0.4, 0.5) is 0 Å². The molecule has 0 aliphatic carbocycles. The van der Waals surface area contributed by atoms with Gasteiger partial charge in [0, 0.05) is 5.56 Å². The number of nitrogens with one attached hydrogen (secondary N) is 1. The van der Waals surface area contributed by atoms with Gasteiger partial charge in [-0.05, 0) is 12.1 Å². The van der Waals surface area contributed by atoms with Gasteiger partial charge < -0.3 is 15.8 Å². The van der Waals surface area contributed by atoms with Crippen LogP contribution in [0.2, 0.25) is 0 Å². The molecule has 19 heavy (non-hydrogen) atoms. The van der Waals surface area contributed by atoms with Crippen LogP contribution in [0, 0.1) is 0 Å². The highest BCUT2D eigenvalue weighted by atomic mass is 16.3. The Morgan fingerprint density at radius 1 is 1.16 bits per heavy atom. The van der Waals surface area contributed by atoms with Gasteiger partial charge in [-0.2, -0.15) is 0 Å². The summed E-state index contributed by atoms with van der Waals surface area (Å²) in [6.07, 6.45) is 0. The molecule has 0 unspecified atom stereocenters. The van der Waals surface area contributed by atoms with Gasteiger partial charge in [-0.1, -0.05) is 30.3 Å². The topological polar surface area (TPSA) is 92.0 Å². The number of fused-ring (bicyclic) bond motifs is 1. The maximum absolute atomic E-state index is 11.4. The Balaban J connectivity index is 2.29. The number of nitrogens with two attached hydrogens (primary N) is 1. The minimum absolute atomic E-state index is 0.0367. The predicted molar refractivity (Wildman–Crippen MR) is 71.7 cm³/mol. The van der Waals surface area contributed by atoms with Crippen molar-refractivity contribution in [2.45, 2.75) is 0 Å². The van der Waals surface area contributed by atoms with Gasteiger partial charge in [-0.25, -0.2) is 4.98 Å². The first-order valence-corrected chi connectivity index (χ1v) is 5.73. The molecule has 0 aliphatic heterocycles. The number of hydrogen-bond acceptors (Lipinski definition) is 3. The summed E-state index contributed by atoms with van der Waals surface area (Å²) in [5.74, 6) is 0.0467. The summed E-state index contributed by atoms with van der Waals surface area (Å²) in [6.45, 7) is 0. The second-order valence-corrected chi connectivity index (χ2v) is 4.17. The third-order valence-corrected chi connectivity index (χ3v) is 2.94. The number of benzene rings is 2. The van der Waals surface area contributed by atoms with E-state index in [4.69, 9.17) is 5.73 Å². The highest BCUT2D eigenvalue weighted by Crippen LogP contribution is 2.28. The SMILES string of the molecule is NC(=O)c1ccc(O)c2[nH]c(-c3ccccc3)nc12. The summed E-state index contributed by atoms with van der Waals surface area (Å²) in [7, 11) is 0. The molecule has 0 spiro atoms. The Hall–Kier alpha value is -2.82. The van der Waals surface area contributed by atoms with Crippen LogP contribution >= 0.6 is 0 Å². The monoisotopic (exact) mass is 253 g/mol. The Morgan fingerprint density at radius 3 is 2.58 bits per heavy atom. The van der Waals surface area contributed by atoms with E-state index < -0.39 is 5.91 Å². The summed E-state index contributed by atoms with van der Waals surface area (Å²) in [5, 5.41) is 9.81. The zero-order valence-electron chi connectivity index (χ0n) is 9.92. The standard InChI is InChI=1S/C14H11N3O2/c15-13(19)9-6-7-10(18)12-11(9)16-14(17-12)8-4-2-1-3-5-8/h1-7,18H,(H2,15,19)(H,16,17). The lowest BCUT2D eigenvalue weighted by Crippen LogP contribution is -2.11. The number of rotatable bonds is 2. The largest absolute Gasteiger partial charge is 0.506 e. The molecule has 2 aromatic carbocycles. The molecule has 0 bridgehead atoms. The molecule has 0 aliphatic rings. The van der Waals surface area contributed by atoms with Crippen LogP contribution in [-0.2, 0) is 0 Å². The van der Waals surface area contributed by atoms with Crippen molar-refractivity contribution in [1.29, 1.82) is 0 Å². The number of phenols is 1. The zero-order chi connectivity index (χ0) is 13.4. The van der Waals surface area contributed by atoms with Gasteiger partial charge >= 0.3 is 0 Å². The summed E-state index contributed by atoms with van der Waals surface area (Å²) in [6, 6.07) is 12.3. The first-order valence-electron chi connectivity index (χ1n) is 5.73. The summed E-state index contributed by atoms with van der Waals surface area (Å²) >= 11 is 0. The van der Waals surface area contributed by atoms with Gasteiger partial charge in [-0.15, -0.1) is 0 Å². The van der Waals surface area contributed by atoms with Gasteiger partial charge in [0.25, 0.3) is 5.91 Å². The highest BCUT2D eigenvalue weighted by molar-refractivity contribution is 6.06. The first kappa shape index (κ1) is 11.3. The van der Waals surface area contributed by atoms with Gasteiger partial charge in [0.1, 0.15) is 22.6 Å². The lowest BCUT2D eigenvalue weighted by molar-refractivity contribution is 0.100. The lowest BCUT2D eigenvalue weighted by atomic mass is 10.1. The molecule has 0 radical (unpaired) electrons. The van der Waals surface area contributed by atoms with Crippen LogP contribution in [0.3, 0.4) is 0 Å². The number of H-pyrrole nitrogens is 1. The number of aromatic amines is 1. The highest BCUT2D eigenvalue weighted by Gasteiger charge is 2.15. The van der Waals surface area contributed by atoms with E-state index in [2.05, 4.69) is 9.97 Å². The fourth-order valence-electron chi connectivity index (χ4n) is 2.01. The van der Waals surface area contributed by atoms with Crippen LogP contribution in [0.15, 0.2) is 42.5 Å². The molecule has 94 valence electrons. The Labute approximate surface area is 108 Å². The molecule has 0 atom stereocenters. The molecule has 0 saturated carbocycles. The Bertz CT molecular complexity index is 763. The predicted octanol–water partition coefficient (Wildman–Crippen LogP) is 2.03. The molecule has 4 N–H and O–H groups in total. The number of primary amides is 1. The van der Waals surface area contributed by atoms with E-state index in [-0.39, 0.29) is 11.3 Å². The smallest absolute Gasteiger partial charge is 0.250 e. The van der Waals surface area contributed by atoms with Gasteiger partial charge in [0.2, 0.25) is 0 Å². The molecule has 1 heterocycles. The minimum atomic E-state index is -0.573. The normalized spacial score (nSPS) is 10.7. The number of aromatic nitrogens is 2. The van der Waals surface area contributed by atoms with E-state index in [1.807, 2.05) is 30.3 Å². The molecule has 5 nitrogen and oxygen atoms in total. The molecule has 3 aromatic rings. The quantitative estimate of drug-likeness (QED) is 0.652. The number of hydrogen-bond donors (Lipinski definition) is 3. The fourth-order valence-corrected chi connectivity index (χ4v) is 2.01. The number of aromatic hydroxyl groups is 1. The molecular weight excluding hydrogens is 242 g/mol. The molecule has 0 fully saturated rings. The second-order valence-electron chi connectivity index (χ2n) is 4.17. The van der Waals surface area contributed by atoms with Crippen molar-refractivity contribution in [3.63, 3.8) is 0 Å². The van der Waals surface area contributed by atoms with Crippen molar-refractivity contribution >= 4 is 16.9 Å². The van der Waals surface area contributed by atoms with Crippen molar-refractivity contribution in [3.8, 4) is 17.1 Å². The Kier molecular flexibility index (Phi) is 2.45. The lowest BCUT2D eigenvalue weighted by Gasteiger charge is -1.98. The molecule has 3 rings (SSSR count). The number of amides is 1. The van der Waals surface area contributed by atoms with Crippen molar-refractivity contribution in [2.75, 3.05) is 0 Å². The average molecular weight is 253 g/mol. The van der Waals surface area contributed by atoms with Crippen LogP contribution < -0.4 is 5.73 Å². The van der Waals surface area contributed by atoms with Crippen molar-refractivity contribution in [2.24, 2.45) is 5.73 Å². The molecule has 5 heteroatoms. The summed E-state index contributed by atoms with van der Waals surface area (Å²) in [4.78, 5) is 18.7. The molecule has 1 aromatic heterocycles. The number of carbonyl (C=O) groups is 1. The van der Waals surface area contributed by atoms with E-state index in [0.717, 1.165) is 5.56 Å². The van der Waals surface area contributed by atoms with Crippen molar-refractivity contribution in [3.05, 3.63) is 48.0 Å². The van der Waals surface area contributed by atoms with Crippen LogP contribution in [-0.4, -0.2) is 21.0 Å². The molecular formula is C14H11N3O2. The molecule has 1 amide bonds. The van der Waals surface area contributed by atoms with Gasteiger partial charge in [0.15, 0.2) is 0 Å². The fraction of sp³-hybridized carbons (Fsp3) is 0. The third kappa shape index (κ3) is 1.81. The number of phenolic OH excluding ortho intramolecular Hbond substituents is 1. The minimum Gasteiger partial charge on any atom is -0.506 e. The van der Waals surface area contributed by atoms with Crippen LogP contribution in [0.25, 0.3) is 22.4 Å².